The van der Waals surface area contributed by atoms with Crippen LogP contribution in [0.15, 0.2) is 0 Å². The zero-order valence-electron chi connectivity index (χ0n) is 12.2. The molecule has 0 radical (unpaired) electrons. The zero-order chi connectivity index (χ0) is 13.2. The Morgan fingerprint density at radius 3 is 2.32 bits per heavy atom. The Bertz CT molecular complexity index is 313. The fourth-order valence-electron chi connectivity index (χ4n) is 4.02. The molecule has 1 aliphatic carbocycles. The number of rotatable bonds is 2. The summed E-state index contributed by atoms with van der Waals surface area (Å²) in [5.74, 6) is 2.09. The van der Waals surface area contributed by atoms with Gasteiger partial charge in [0.15, 0.2) is 0 Å². The summed E-state index contributed by atoms with van der Waals surface area (Å²) in [7, 11) is 2.13. The Balaban J connectivity index is 1.49. The van der Waals surface area contributed by atoms with Crippen LogP contribution in [-0.2, 0) is 4.79 Å². The van der Waals surface area contributed by atoms with Crippen LogP contribution in [0.5, 0.6) is 0 Å². The van der Waals surface area contributed by atoms with E-state index in [-0.39, 0.29) is 0 Å². The molecule has 0 N–H and O–H groups in total. The van der Waals surface area contributed by atoms with Crippen molar-refractivity contribution < 1.29 is 4.79 Å². The van der Waals surface area contributed by atoms with E-state index in [2.05, 4.69) is 21.7 Å². The first-order valence-corrected chi connectivity index (χ1v) is 7.89. The average molecular weight is 265 g/mol. The van der Waals surface area contributed by atoms with Gasteiger partial charge in [-0.2, -0.15) is 0 Å². The number of piperazine rings is 1. The van der Waals surface area contributed by atoms with Gasteiger partial charge in [-0.25, -0.2) is 0 Å². The summed E-state index contributed by atoms with van der Waals surface area (Å²) < 4.78 is 0. The highest BCUT2D eigenvalue weighted by Gasteiger charge is 2.32. The summed E-state index contributed by atoms with van der Waals surface area (Å²) in [6.45, 7) is 6.86. The Morgan fingerprint density at radius 2 is 1.68 bits per heavy atom. The molecule has 2 saturated heterocycles. The predicted octanol–water partition coefficient (Wildman–Crippen LogP) is 0.882. The van der Waals surface area contributed by atoms with Crippen molar-refractivity contribution in [1.29, 1.82) is 0 Å². The Hall–Kier alpha value is -0.610. The van der Waals surface area contributed by atoms with Crippen LogP contribution in [0.4, 0.5) is 0 Å². The molecule has 108 valence electrons. The van der Waals surface area contributed by atoms with Crippen LogP contribution >= 0.6 is 0 Å². The molecule has 1 saturated carbocycles. The van der Waals surface area contributed by atoms with Crippen molar-refractivity contribution in [2.24, 2.45) is 11.8 Å². The molecular weight excluding hydrogens is 238 g/mol. The van der Waals surface area contributed by atoms with Gasteiger partial charge in [-0.3, -0.25) is 9.69 Å². The highest BCUT2D eigenvalue weighted by molar-refractivity contribution is 5.78. The molecule has 4 nitrogen and oxygen atoms in total. The van der Waals surface area contributed by atoms with E-state index in [4.69, 9.17) is 0 Å². The van der Waals surface area contributed by atoms with E-state index in [0.29, 0.717) is 12.5 Å². The minimum Gasteiger partial charge on any atom is -0.339 e. The van der Waals surface area contributed by atoms with Crippen LogP contribution < -0.4 is 0 Å². The van der Waals surface area contributed by atoms with Crippen molar-refractivity contribution in [1.82, 2.24) is 14.7 Å². The summed E-state index contributed by atoms with van der Waals surface area (Å²) in [5, 5.41) is 0. The van der Waals surface area contributed by atoms with Crippen molar-refractivity contribution in [3.63, 3.8) is 0 Å². The van der Waals surface area contributed by atoms with Gasteiger partial charge in [0.1, 0.15) is 0 Å². The summed E-state index contributed by atoms with van der Waals surface area (Å²) in [6, 6.07) is 0. The second-order valence-electron chi connectivity index (χ2n) is 6.78. The molecular formula is C15H27N3O. The second-order valence-corrected chi connectivity index (χ2v) is 6.78. The molecule has 0 aromatic rings. The van der Waals surface area contributed by atoms with Crippen LogP contribution in [0.1, 0.15) is 25.7 Å². The molecule has 3 fully saturated rings. The van der Waals surface area contributed by atoms with Crippen LogP contribution in [0.25, 0.3) is 0 Å². The first kappa shape index (κ1) is 13.4. The molecule has 2 bridgehead atoms. The SMILES string of the molecule is CN1CCN(C(=O)CN2C[C@H]3CCC[C@@H](C3)C2)CC1. The first-order chi connectivity index (χ1) is 9.20. The lowest BCUT2D eigenvalue weighted by Crippen LogP contribution is -2.52. The van der Waals surface area contributed by atoms with Gasteiger partial charge in [0.25, 0.3) is 0 Å². The maximum atomic E-state index is 12.4. The number of hydrogen-bond donors (Lipinski definition) is 0. The fourth-order valence-corrected chi connectivity index (χ4v) is 4.02. The standard InChI is InChI=1S/C15H27N3O/c1-16-5-7-18(8-6-16)15(19)12-17-10-13-3-2-4-14(9-13)11-17/h13-14H,2-12H2,1H3/t13-,14-/m0/s1. The summed E-state index contributed by atoms with van der Waals surface area (Å²) >= 11 is 0. The van der Waals surface area contributed by atoms with E-state index in [0.717, 1.165) is 51.1 Å². The van der Waals surface area contributed by atoms with Crippen LogP contribution in [-0.4, -0.2) is 73.5 Å². The molecule has 0 aromatic heterocycles. The Kier molecular flexibility index (Phi) is 4.08. The van der Waals surface area contributed by atoms with E-state index < -0.39 is 0 Å². The molecule has 2 aliphatic heterocycles. The lowest BCUT2D eigenvalue weighted by molar-refractivity contribution is -0.134. The fraction of sp³-hybridized carbons (Fsp3) is 0.933. The number of fused-ring (bicyclic) bond motifs is 2. The van der Waals surface area contributed by atoms with Crippen molar-refractivity contribution >= 4 is 5.91 Å². The minimum atomic E-state index is 0.355. The molecule has 1 amide bonds. The number of carbonyl (C=O) groups is 1. The van der Waals surface area contributed by atoms with Crippen molar-refractivity contribution in [2.45, 2.75) is 25.7 Å². The number of hydrogen-bond acceptors (Lipinski definition) is 3. The summed E-state index contributed by atoms with van der Waals surface area (Å²) in [5.41, 5.74) is 0. The predicted molar refractivity (Wildman–Crippen MR) is 76.0 cm³/mol. The molecule has 0 unspecified atom stereocenters. The monoisotopic (exact) mass is 265 g/mol. The van der Waals surface area contributed by atoms with E-state index in [1.165, 1.54) is 25.7 Å². The van der Waals surface area contributed by atoms with E-state index in [9.17, 15) is 4.79 Å². The molecule has 0 aromatic carbocycles. The number of carbonyl (C=O) groups excluding carboxylic acids is 1. The van der Waals surface area contributed by atoms with Gasteiger partial charge in [-0.15, -0.1) is 0 Å². The minimum absolute atomic E-state index is 0.355. The highest BCUT2D eigenvalue weighted by Crippen LogP contribution is 2.34. The van der Waals surface area contributed by atoms with Gasteiger partial charge in [-0.05, 0) is 38.1 Å². The zero-order valence-corrected chi connectivity index (χ0v) is 12.2. The third kappa shape index (κ3) is 3.29. The van der Waals surface area contributed by atoms with Crippen LogP contribution in [0, 0.1) is 11.8 Å². The Morgan fingerprint density at radius 1 is 1.05 bits per heavy atom. The third-order valence-electron chi connectivity index (χ3n) is 5.14. The summed E-state index contributed by atoms with van der Waals surface area (Å²) in [4.78, 5) is 19.1. The van der Waals surface area contributed by atoms with Crippen molar-refractivity contribution in [2.75, 3.05) is 52.9 Å². The van der Waals surface area contributed by atoms with Gasteiger partial charge in [-0.1, -0.05) is 6.42 Å². The van der Waals surface area contributed by atoms with Crippen LogP contribution in [0.3, 0.4) is 0 Å². The maximum absolute atomic E-state index is 12.4. The number of likely N-dealkylation sites (N-methyl/N-ethyl adjacent to an activating group) is 1. The van der Waals surface area contributed by atoms with E-state index >= 15 is 0 Å². The normalized spacial score (nSPS) is 33.4. The first-order valence-electron chi connectivity index (χ1n) is 7.89. The molecule has 19 heavy (non-hydrogen) atoms. The van der Waals surface area contributed by atoms with Gasteiger partial charge in [0.05, 0.1) is 6.54 Å². The van der Waals surface area contributed by atoms with E-state index in [1.54, 1.807) is 0 Å². The number of nitrogens with zero attached hydrogens (tertiary/aromatic N) is 3. The van der Waals surface area contributed by atoms with Crippen LogP contribution in [0.2, 0.25) is 0 Å². The molecule has 0 spiro atoms. The lowest BCUT2D eigenvalue weighted by atomic mass is 9.78. The lowest BCUT2D eigenvalue weighted by Gasteiger charge is -2.42. The molecule has 3 rings (SSSR count). The van der Waals surface area contributed by atoms with Gasteiger partial charge in [0.2, 0.25) is 5.91 Å². The third-order valence-corrected chi connectivity index (χ3v) is 5.14. The number of amides is 1. The largest absolute Gasteiger partial charge is 0.339 e. The molecule has 2 atom stereocenters. The van der Waals surface area contributed by atoms with Gasteiger partial charge < -0.3 is 9.80 Å². The average Bonchev–Trinajstić information content (AvgIpc) is 2.39. The molecule has 2 heterocycles. The highest BCUT2D eigenvalue weighted by atomic mass is 16.2. The number of likely N-dealkylation sites (tertiary alicyclic amines) is 1. The van der Waals surface area contributed by atoms with Gasteiger partial charge in [0, 0.05) is 39.3 Å². The van der Waals surface area contributed by atoms with E-state index in [1.807, 2.05) is 0 Å². The molecule has 3 aliphatic rings. The smallest absolute Gasteiger partial charge is 0.236 e. The summed E-state index contributed by atoms with van der Waals surface area (Å²) in [6.07, 6.45) is 5.60. The number of piperidine rings is 1. The Labute approximate surface area is 116 Å². The quantitative estimate of drug-likeness (QED) is 0.742. The van der Waals surface area contributed by atoms with Crippen molar-refractivity contribution in [3.05, 3.63) is 0 Å². The molecule has 4 heteroatoms. The van der Waals surface area contributed by atoms with Gasteiger partial charge >= 0.3 is 0 Å². The van der Waals surface area contributed by atoms with Crippen molar-refractivity contribution in [3.8, 4) is 0 Å². The second kappa shape index (κ2) is 5.80. The maximum Gasteiger partial charge on any atom is 0.236 e. The topological polar surface area (TPSA) is 26.8 Å².